The van der Waals surface area contributed by atoms with Crippen LogP contribution in [0, 0.1) is 5.92 Å². The Bertz CT molecular complexity index is 177. The lowest BCUT2D eigenvalue weighted by Crippen LogP contribution is -2.46. The maximum Gasteiger partial charge on any atom is 0.123 e. The van der Waals surface area contributed by atoms with E-state index in [0.717, 1.165) is 25.2 Å². The highest BCUT2D eigenvalue weighted by Crippen LogP contribution is 2.35. The average Bonchev–Trinajstić information content (AvgIpc) is 2.44. The largest absolute Gasteiger partial charge is 0.311 e. The van der Waals surface area contributed by atoms with Crippen molar-refractivity contribution in [1.82, 2.24) is 5.32 Å². The van der Waals surface area contributed by atoms with E-state index in [4.69, 9.17) is 0 Å². The molecule has 2 fully saturated rings. The zero-order valence-corrected chi connectivity index (χ0v) is 8.48. The predicted molar refractivity (Wildman–Crippen MR) is 52.5 cm³/mol. The summed E-state index contributed by atoms with van der Waals surface area (Å²) in [6.07, 6.45) is 6.52. The molecule has 2 heteroatoms. The van der Waals surface area contributed by atoms with E-state index in [0.29, 0.717) is 12.6 Å². The smallest absolute Gasteiger partial charge is 0.123 e. The van der Waals surface area contributed by atoms with Crippen molar-refractivity contribution in [3.63, 3.8) is 0 Å². The lowest BCUT2D eigenvalue weighted by atomic mass is 9.82. The zero-order valence-electron chi connectivity index (χ0n) is 8.48. The van der Waals surface area contributed by atoms with Gasteiger partial charge in [0.2, 0.25) is 0 Å². The third-order valence-electron chi connectivity index (χ3n) is 3.79. The number of hydrogen-bond acceptors (Lipinski definition) is 1. The first kappa shape index (κ1) is 9.45. The van der Waals surface area contributed by atoms with Gasteiger partial charge in [0.15, 0.2) is 0 Å². The summed E-state index contributed by atoms with van der Waals surface area (Å²) in [7, 11) is 0. The Morgan fingerprint density at radius 2 is 2.08 bits per heavy atom. The van der Waals surface area contributed by atoms with Gasteiger partial charge >= 0.3 is 0 Å². The Morgan fingerprint density at radius 1 is 1.31 bits per heavy atom. The number of halogens is 1. The summed E-state index contributed by atoms with van der Waals surface area (Å²) in [5.41, 5.74) is -0.845. The van der Waals surface area contributed by atoms with Gasteiger partial charge in [-0.1, -0.05) is 13.3 Å². The van der Waals surface area contributed by atoms with Gasteiger partial charge in [-0.3, -0.25) is 0 Å². The van der Waals surface area contributed by atoms with E-state index in [2.05, 4.69) is 12.2 Å². The molecule has 0 spiro atoms. The molecule has 2 saturated carbocycles. The molecule has 0 aliphatic heterocycles. The standard InChI is InChI=1S/C11H20FN/c1-9-4-2-5-10(9)13-8-11(12)6-3-7-11/h9-10,13H,2-8H2,1H3. The van der Waals surface area contributed by atoms with Crippen LogP contribution >= 0.6 is 0 Å². The lowest BCUT2D eigenvalue weighted by molar-refractivity contribution is 0.0587. The van der Waals surface area contributed by atoms with Gasteiger partial charge in [0, 0.05) is 12.6 Å². The van der Waals surface area contributed by atoms with Crippen LogP contribution in [-0.2, 0) is 0 Å². The first-order valence-corrected chi connectivity index (χ1v) is 5.62. The van der Waals surface area contributed by atoms with E-state index in [1.165, 1.54) is 19.3 Å². The lowest BCUT2D eigenvalue weighted by Gasteiger charge is -2.35. The minimum atomic E-state index is -0.845. The summed E-state index contributed by atoms with van der Waals surface area (Å²) in [6.45, 7) is 2.87. The van der Waals surface area contributed by atoms with Crippen molar-refractivity contribution in [3.05, 3.63) is 0 Å². The normalized spacial score (nSPS) is 37.4. The topological polar surface area (TPSA) is 12.0 Å². The quantitative estimate of drug-likeness (QED) is 0.712. The molecule has 0 radical (unpaired) electrons. The second-order valence-corrected chi connectivity index (χ2v) is 4.90. The van der Waals surface area contributed by atoms with Gasteiger partial charge in [0.25, 0.3) is 0 Å². The number of rotatable bonds is 3. The molecule has 0 aromatic heterocycles. The van der Waals surface area contributed by atoms with E-state index in [9.17, 15) is 4.39 Å². The molecular formula is C11H20FN. The minimum absolute atomic E-state index is 0.591. The SMILES string of the molecule is CC1CCCC1NCC1(F)CCC1. The maximum atomic E-state index is 13.6. The van der Waals surface area contributed by atoms with E-state index in [1.807, 2.05) is 0 Å². The van der Waals surface area contributed by atoms with Crippen LogP contribution in [0.4, 0.5) is 4.39 Å². The van der Waals surface area contributed by atoms with Crippen molar-refractivity contribution in [2.45, 2.75) is 57.2 Å². The van der Waals surface area contributed by atoms with E-state index >= 15 is 0 Å². The molecule has 2 unspecified atom stereocenters. The van der Waals surface area contributed by atoms with Gasteiger partial charge < -0.3 is 5.32 Å². The Labute approximate surface area is 80.1 Å². The van der Waals surface area contributed by atoms with Gasteiger partial charge in [-0.2, -0.15) is 0 Å². The number of nitrogens with one attached hydrogen (secondary N) is 1. The van der Waals surface area contributed by atoms with Crippen molar-refractivity contribution in [1.29, 1.82) is 0 Å². The Balaban J connectivity index is 1.72. The fraction of sp³-hybridized carbons (Fsp3) is 1.00. The van der Waals surface area contributed by atoms with Crippen molar-refractivity contribution < 1.29 is 4.39 Å². The Hall–Kier alpha value is -0.110. The molecule has 76 valence electrons. The van der Waals surface area contributed by atoms with Crippen molar-refractivity contribution >= 4 is 0 Å². The molecule has 0 aromatic rings. The van der Waals surface area contributed by atoms with E-state index < -0.39 is 5.67 Å². The Kier molecular flexibility index (Phi) is 2.59. The van der Waals surface area contributed by atoms with Crippen LogP contribution in [-0.4, -0.2) is 18.3 Å². The molecule has 1 N–H and O–H groups in total. The molecule has 2 atom stereocenters. The Morgan fingerprint density at radius 3 is 2.54 bits per heavy atom. The highest BCUT2D eigenvalue weighted by molar-refractivity contribution is 4.92. The van der Waals surface area contributed by atoms with Crippen LogP contribution in [0.1, 0.15) is 45.4 Å². The maximum absolute atomic E-state index is 13.6. The molecule has 1 nitrogen and oxygen atoms in total. The first-order valence-electron chi connectivity index (χ1n) is 5.62. The second-order valence-electron chi connectivity index (χ2n) is 4.90. The van der Waals surface area contributed by atoms with Crippen molar-refractivity contribution in [3.8, 4) is 0 Å². The van der Waals surface area contributed by atoms with Gasteiger partial charge in [-0.05, 0) is 38.0 Å². The molecular weight excluding hydrogens is 165 g/mol. The molecule has 13 heavy (non-hydrogen) atoms. The molecule has 2 rings (SSSR count). The summed E-state index contributed by atoms with van der Waals surface area (Å²) in [5.74, 6) is 0.753. The van der Waals surface area contributed by atoms with Crippen LogP contribution in [0.3, 0.4) is 0 Å². The highest BCUT2D eigenvalue weighted by atomic mass is 19.1. The van der Waals surface area contributed by atoms with Gasteiger partial charge in [0.05, 0.1) is 0 Å². The van der Waals surface area contributed by atoms with E-state index in [1.54, 1.807) is 0 Å². The van der Waals surface area contributed by atoms with Crippen LogP contribution in [0.2, 0.25) is 0 Å². The fourth-order valence-electron chi connectivity index (χ4n) is 2.50. The third-order valence-corrected chi connectivity index (χ3v) is 3.79. The van der Waals surface area contributed by atoms with Gasteiger partial charge in [0.1, 0.15) is 5.67 Å². The van der Waals surface area contributed by atoms with Crippen LogP contribution in [0.25, 0.3) is 0 Å². The van der Waals surface area contributed by atoms with Crippen LogP contribution in [0.5, 0.6) is 0 Å². The summed E-state index contributed by atoms with van der Waals surface area (Å²) >= 11 is 0. The molecule has 2 aliphatic carbocycles. The third kappa shape index (κ3) is 2.04. The molecule has 2 aliphatic rings. The summed E-state index contributed by atoms with van der Waals surface area (Å²) < 4.78 is 13.6. The number of alkyl halides is 1. The fourth-order valence-corrected chi connectivity index (χ4v) is 2.50. The monoisotopic (exact) mass is 185 g/mol. The molecule has 0 heterocycles. The average molecular weight is 185 g/mol. The minimum Gasteiger partial charge on any atom is -0.311 e. The van der Waals surface area contributed by atoms with E-state index in [-0.39, 0.29) is 0 Å². The second kappa shape index (κ2) is 3.56. The number of hydrogen-bond donors (Lipinski definition) is 1. The van der Waals surface area contributed by atoms with Crippen molar-refractivity contribution in [2.75, 3.05) is 6.54 Å². The zero-order chi connectivity index (χ0) is 9.31. The molecule has 0 saturated heterocycles. The van der Waals surface area contributed by atoms with Crippen LogP contribution < -0.4 is 5.32 Å². The van der Waals surface area contributed by atoms with Crippen molar-refractivity contribution in [2.24, 2.45) is 5.92 Å². The summed E-state index contributed by atoms with van der Waals surface area (Å²) in [4.78, 5) is 0. The van der Waals surface area contributed by atoms with Gasteiger partial charge in [-0.25, -0.2) is 4.39 Å². The van der Waals surface area contributed by atoms with Gasteiger partial charge in [-0.15, -0.1) is 0 Å². The molecule has 0 amide bonds. The van der Waals surface area contributed by atoms with Crippen LogP contribution in [0.15, 0.2) is 0 Å². The summed E-state index contributed by atoms with van der Waals surface area (Å²) in [6, 6.07) is 0.591. The highest BCUT2D eigenvalue weighted by Gasteiger charge is 2.37. The summed E-state index contributed by atoms with van der Waals surface area (Å²) in [5, 5.41) is 3.40. The first-order chi connectivity index (χ1) is 6.20. The molecule has 0 aromatic carbocycles. The predicted octanol–water partition coefficient (Wildman–Crippen LogP) is 2.66. The molecule has 0 bridgehead atoms.